The summed E-state index contributed by atoms with van der Waals surface area (Å²) < 4.78 is 46.8. The SMILES string of the molecule is COc1ccc(NC(C)=O)cc1S(=O)(=O)Nc1nc2ccc(F)cc2s1. The molecule has 2 aromatic carbocycles. The maximum Gasteiger partial charge on any atom is 0.267 e. The summed E-state index contributed by atoms with van der Waals surface area (Å²) in [5.74, 6) is -0.654. The number of carbonyl (C=O) groups excluding carboxylic acids is 1. The molecule has 0 aliphatic rings. The van der Waals surface area contributed by atoms with Gasteiger partial charge in [0, 0.05) is 12.6 Å². The standard InChI is InChI=1S/C16H14FN3O4S2/c1-9(21)18-11-4-6-13(24-2)15(8-11)26(22,23)20-16-19-12-5-3-10(17)7-14(12)25-16/h3-8H,1-2H3,(H,18,21)(H,19,20). The third-order valence-corrected chi connectivity index (χ3v) is 5.77. The number of nitrogens with one attached hydrogen (secondary N) is 2. The highest BCUT2D eigenvalue weighted by Gasteiger charge is 2.22. The molecule has 0 saturated heterocycles. The number of rotatable bonds is 5. The minimum absolute atomic E-state index is 0.0950. The van der Waals surface area contributed by atoms with Crippen LogP contribution >= 0.6 is 11.3 Å². The van der Waals surface area contributed by atoms with E-state index in [1.165, 1.54) is 50.4 Å². The van der Waals surface area contributed by atoms with E-state index in [-0.39, 0.29) is 21.7 Å². The molecule has 0 fully saturated rings. The van der Waals surface area contributed by atoms with Crippen LogP contribution in [0.2, 0.25) is 0 Å². The Labute approximate surface area is 152 Å². The van der Waals surface area contributed by atoms with Gasteiger partial charge in [0.05, 0.1) is 17.3 Å². The smallest absolute Gasteiger partial charge is 0.267 e. The molecule has 0 aliphatic heterocycles. The van der Waals surface area contributed by atoms with Crippen molar-refractivity contribution in [1.29, 1.82) is 0 Å². The fraction of sp³-hybridized carbons (Fsp3) is 0.125. The zero-order valence-corrected chi connectivity index (χ0v) is 15.4. The number of sulfonamides is 1. The highest BCUT2D eigenvalue weighted by Crippen LogP contribution is 2.32. The van der Waals surface area contributed by atoms with Gasteiger partial charge in [-0.05, 0) is 36.4 Å². The first-order valence-electron chi connectivity index (χ1n) is 7.33. The molecule has 0 radical (unpaired) electrons. The Hall–Kier alpha value is -2.72. The van der Waals surface area contributed by atoms with Gasteiger partial charge in [0.25, 0.3) is 10.0 Å². The van der Waals surface area contributed by atoms with E-state index < -0.39 is 15.8 Å². The lowest BCUT2D eigenvalue weighted by Crippen LogP contribution is -2.15. The Morgan fingerprint density at radius 2 is 2.00 bits per heavy atom. The van der Waals surface area contributed by atoms with E-state index in [9.17, 15) is 17.6 Å². The number of hydrogen-bond acceptors (Lipinski definition) is 6. The topological polar surface area (TPSA) is 97.4 Å². The van der Waals surface area contributed by atoms with Crippen LogP contribution in [0.3, 0.4) is 0 Å². The quantitative estimate of drug-likeness (QED) is 0.691. The van der Waals surface area contributed by atoms with Crippen molar-refractivity contribution in [2.45, 2.75) is 11.8 Å². The van der Waals surface area contributed by atoms with Gasteiger partial charge in [0.15, 0.2) is 5.13 Å². The van der Waals surface area contributed by atoms with E-state index in [1.54, 1.807) is 0 Å². The fourth-order valence-corrected chi connectivity index (χ4v) is 4.60. The maximum absolute atomic E-state index is 13.3. The molecule has 3 rings (SSSR count). The van der Waals surface area contributed by atoms with E-state index in [2.05, 4.69) is 15.0 Å². The van der Waals surface area contributed by atoms with E-state index in [1.807, 2.05) is 0 Å². The fourth-order valence-electron chi connectivity index (χ4n) is 2.28. The van der Waals surface area contributed by atoms with E-state index in [0.29, 0.717) is 15.9 Å². The molecule has 7 nitrogen and oxygen atoms in total. The normalized spacial score (nSPS) is 11.3. The summed E-state index contributed by atoms with van der Waals surface area (Å²) in [7, 11) is -2.70. The number of carbonyl (C=O) groups is 1. The number of hydrogen-bond donors (Lipinski definition) is 2. The molecule has 10 heteroatoms. The average Bonchev–Trinajstić information content (AvgIpc) is 2.94. The van der Waals surface area contributed by atoms with Gasteiger partial charge in [-0.1, -0.05) is 11.3 Å². The van der Waals surface area contributed by atoms with Gasteiger partial charge in [-0.2, -0.15) is 0 Å². The van der Waals surface area contributed by atoms with Crippen LogP contribution in [0.5, 0.6) is 5.75 Å². The van der Waals surface area contributed by atoms with Gasteiger partial charge >= 0.3 is 0 Å². The Bertz CT molecular complexity index is 1100. The van der Waals surface area contributed by atoms with E-state index >= 15 is 0 Å². The van der Waals surface area contributed by atoms with Crippen molar-refractivity contribution < 1.29 is 22.3 Å². The van der Waals surface area contributed by atoms with Crippen LogP contribution in [0.25, 0.3) is 10.2 Å². The van der Waals surface area contributed by atoms with Crippen molar-refractivity contribution in [3.05, 3.63) is 42.2 Å². The number of aromatic nitrogens is 1. The number of ether oxygens (including phenoxy) is 1. The van der Waals surface area contributed by atoms with Gasteiger partial charge in [0.1, 0.15) is 16.5 Å². The summed E-state index contributed by atoms with van der Waals surface area (Å²) in [6, 6.07) is 8.25. The Morgan fingerprint density at radius 1 is 1.23 bits per heavy atom. The van der Waals surface area contributed by atoms with Crippen molar-refractivity contribution in [1.82, 2.24) is 4.98 Å². The Balaban J connectivity index is 1.99. The first-order chi connectivity index (χ1) is 12.3. The predicted molar refractivity (Wildman–Crippen MR) is 97.7 cm³/mol. The van der Waals surface area contributed by atoms with Crippen LogP contribution in [-0.4, -0.2) is 26.4 Å². The van der Waals surface area contributed by atoms with Crippen LogP contribution < -0.4 is 14.8 Å². The van der Waals surface area contributed by atoms with Crippen LogP contribution in [0.1, 0.15) is 6.92 Å². The largest absolute Gasteiger partial charge is 0.495 e. The van der Waals surface area contributed by atoms with Gasteiger partial charge in [-0.15, -0.1) is 0 Å². The molecular weight excluding hydrogens is 381 g/mol. The molecule has 1 aromatic heterocycles. The Kier molecular flexibility index (Phi) is 4.79. The molecule has 1 amide bonds. The third kappa shape index (κ3) is 3.75. The monoisotopic (exact) mass is 395 g/mol. The molecule has 26 heavy (non-hydrogen) atoms. The molecule has 0 unspecified atom stereocenters. The number of benzene rings is 2. The van der Waals surface area contributed by atoms with Crippen molar-refractivity contribution in [2.24, 2.45) is 0 Å². The van der Waals surface area contributed by atoms with Crippen molar-refractivity contribution in [3.8, 4) is 5.75 Å². The molecular formula is C16H14FN3O4S2. The second kappa shape index (κ2) is 6.89. The van der Waals surface area contributed by atoms with Crippen LogP contribution in [-0.2, 0) is 14.8 Å². The van der Waals surface area contributed by atoms with Gasteiger partial charge in [0.2, 0.25) is 5.91 Å². The first-order valence-corrected chi connectivity index (χ1v) is 9.63. The van der Waals surface area contributed by atoms with Crippen LogP contribution in [0.4, 0.5) is 15.2 Å². The maximum atomic E-state index is 13.3. The summed E-state index contributed by atoms with van der Waals surface area (Å²) in [6.07, 6.45) is 0. The van der Waals surface area contributed by atoms with Crippen molar-refractivity contribution in [2.75, 3.05) is 17.1 Å². The molecule has 3 aromatic rings. The first kappa shape index (κ1) is 18.1. The van der Waals surface area contributed by atoms with Crippen LogP contribution in [0, 0.1) is 5.82 Å². The van der Waals surface area contributed by atoms with E-state index in [4.69, 9.17) is 4.74 Å². The molecule has 136 valence electrons. The number of methoxy groups -OCH3 is 1. The number of fused-ring (bicyclic) bond motifs is 1. The number of thiazole rings is 1. The molecule has 1 heterocycles. The highest BCUT2D eigenvalue weighted by molar-refractivity contribution is 7.93. The summed E-state index contributed by atoms with van der Waals surface area (Å²) in [4.78, 5) is 15.2. The number of halogens is 1. The zero-order valence-electron chi connectivity index (χ0n) is 13.7. The molecule has 0 saturated carbocycles. The molecule has 0 atom stereocenters. The molecule has 2 N–H and O–H groups in total. The summed E-state index contributed by atoms with van der Waals surface area (Å²) in [5, 5.41) is 2.61. The average molecular weight is 395 g/mol. The van der Waals surface area contributed by atoms with Gasteiger partial charge in [-0.3, -0.25) is 9.52 Å². The highest BCUT2D eigenvalue weighted by atomic mass is 32.2. The minimum Gasteiger partial charge on any atom is -0.495 e. The lowest BCUT2D eigenvalue weighted by atomic mass is 10.3. The van der Waals surface area contributed by atoms with Crippen LogP contribution in [0.15, 0.2) is 41.3 Å². The lowest BCUT2D eigenvalue weighted by Gasteiger charge is -2.12. The Morgan fingerprint density at radius 3 is 2.69 bits per heavy atom. The van der Waals surface area contributed by atoms with Crippen molar-refractivity contribution >= 4 is 48.3 Å². The second-order valence-electron chi connectivity index (χ2n) is 5.28. The number of nitrogens with zero attached hydrogens (tertiary/aromatic N) is 1. The number of amides is 1. The predicted octanol–water partition coefficient (Wildman–Crippen LogP) is 3.20. The second-order valence-corrected chi connectivity index (χ2v) is 7.96. The summed E-state index contributed by atoms with van der Waals surface area (Å²) in [6.45, 7) is 1.32. The van der Waals surface area contributed by atoms with Gasteiger partial charge in [-0.25, -0.2) is 17.8 Å². The zero-order chi connectivity index (χ0) is 18.9. The third-order valence-electron chi connectivity index (χ3n) is 3.35. The summed E-state index contributed by atoms with van der Waals surface area (Å²) in [5.41, 5.74) is 0.790. The molecule has 0 bridgehead atoms. The molecule has 0 aliphatic carbocycles. The van der Waals surface area contributed by atoms with E-state index in [0.717, 1.165) is 11.3 Å². The van der Waals surface area contributed by atoms with Gasteiger partial charge < -0.3 is 10.1 Å². The molecule has 0 spiro atoms. The lowest BCUT2D eigenvalue weighted by molar-refractivity contribution is -0.114. The minimum atomic E-state index is -4.04. The van der Waals surface area contributed by atoms with Crippen molar-refractivity contribution in [3.63, 3.8) is 0 Å². The summed E-state index contributed by atoms with van der Waals surface area (Å²) >= 11 is 1.01. The number of anilines is 2.